The summed E-state index contributed by atoms with van der Waals surface area (Å²) in [4.78, 5) is 0. The molecule has 226 valence electrons. The Bertz CT molecular complexity index is 2200. The van der Waals surface area contributed by atoms with Crippen molar-refractivity contribution in [1.82, 2.24) is 9.13 Å². The van der Waals surface area contributed by atoms with Crippen LogP contribution >= 0.6 is 0 Å². The Morgan fingerprint density at radius 1 is 0.391 bits per heavy atom. The van der Waals surface area contributed by atoms with E-state index in [0.717, 1.165) is 12.8 Å². The lowest BCUT2D eigenvalue weighted by Crippen LogP contribution is -1.95. The smallest absolute Gasteiger partial charge is 0.0541 e. The molecule has 6 aromatic carbocycles. The van der Waals surface area contributed by atoms with Gasteiger partial charge in [-0.05, 0) is 109 Å². The maximum Gasteiger partial charge on any atom is 0.0541 e. The molecule has 0 N–H and O–H groups in total. The Hall–Kier alpha value is -5.08. The normalized spacial score (nSPS) is 11.8. The first-order valence-corrected chi connectivity index (χ1v) is 17.0. The lowest BCUT2D eigenvalue weighted by Gasteiger charge is -2.11. The van der Waals surface area contributed by atoms with Crippen molar-refractivity contribution in [2.45, 2.75) is 52.4 Å². The molecule has 0 fully saturated rings. The number of fused-ring (bicyclic) bond motifs is 6. The van der Waals surface area contributed by atoms with Crippen LogP contribution in [0.4, 0.5) is 0 Å². The quantitative estimate of drug-likeness (QED) is 0.157. The number of hydrogen-bond donors (Lipinski definition) is 0. The molecule has 8 rings (SSSR count). The Balaban J connectivity index is 1.16. The van der Waals surface area contributed by atoms with Crippen molar-refractivity contribution < 1.29 is 0 Å². The van der Waals surface area contributed by atoms with Crippen molar-refractivity contribution in [2.24, 2.45) is 0 Å². The van der Waals surface area contributed by atoms with Gasteiger partial charge >= 0.3 is 0 Å². The Morgan fingerprint density at radius 2 is 0.783 bits per heavy atom. The molecule has 0 saturated carbocycles. The monoisotopic (exact) mass is 596 g/mol. The zero-order chi connectivity index (χ0) is 31.0. The van der Waals surface area contributed by atoms with E-state index < -0.39 is 0 Å². The predicted molar refractivity (Wildman–Crippen MR) is 198 cm³/mol. The van der Waals surface area contributed by atoms with Crippen LogP contribution in [0.3, 0.4) is 0 Å². The van der Waals surface area contributed by atoms with Crippen molar-refractivity contribution >= 4 is 43.6 Å². The van der Waals surface area contributed by atoms with Crippen LogP contribution in [0.15, 0.2) is 133 Å². The van der Waals surface area contributed by atoms with Gasteiger partial charge in [0, 0.05) is 32.9 Å². The molecule has 0 aliphatic carbocycles. The average Bonchev–Trinajstić information content (AvgIpc) is 3.62. The molecule has 0 spiro atoms. The standard InChI is InChI=1S/C44H40N2/c1-3-5-11-31-17-27-43-39(29-31)40-30-32(12-6-4-2)18-28-44(40)46(43)36-25-21-34(22-26-36)33-19-23-35(24-20-33)45-41-15-9-7-13-37(41)38-14-8-10-16-42(38)45/h7-10,13-30H,3-6,11-12H2,1-2H3. The molecule has 0 radical (unpaired) electrons. The summed E-state index contributed by atoms with van der Waals surface area (Å²) in [5.74, 6) is 0. The van der Waals surface area contributed by atoms with Gasteiger partial charge in [0.25, 0.3) is 0 Å². The fourth-order valence-electron chi connectivity index (χ4n) is 7.28. The van der Waals surface area contributed by atoms with Crippen molar-refractivity contribution in [1.29, 1.82) is 0 Å². The number of hydrogen-bond acceptors (Lipinski definition) is 0. The van der Waals surface area contributed by atoms with E-state index in [1.165, 1.54) is 103 Å². The Morgan fingerprint density at radius 3 is 1.20 bits per heavy atom. The molecule has 2 heterocycles. The lowest BCUT2D eigenvalue weighted by atomic mass is 10.0. The third-order valence-electron chi connectivity index (χ3n) is 9.70. The van der Waals surface area contributed by atoms with Crippen LogP contribution in [-0.2, 0) is 12.8 Å². The number of aryl methyl sites for hydroxylation is 2. The highest BCUT2D eigenvalue weighted by molar-refractivity contribution is 6.10. The van der Waals surface area contributed by atoms with Crippen molar-refractivity contribution in [3.8, 4) is 22.5 Å². The van der Waals surface area contributed by atoms with Crippen LogP contribution in [-0.4, -0.2) is 9.13 Å². The van der Waals surface area contributed by atoms with E-state index in [0.29, 0.717) is 0 Å². The molecule has 2 nitrogen and oxygen atoms in total. The highest BCUT2D eigenvalue weighted by Gasteiger charge is 2.15. The first kappa shape index (κ1) is 28.4. The number of rotatable bonds is 9. The van der Waals surface area contributed by atoms with Crippen molar-refractivity contribution in [3.63, 3.8) is 0 Å². The van der Waals surface area contributed by atoms with Crippen LogP contribution in [0.5, 0.6) is 0 Å². The summed E-state index contributed by atoms with van der Waals surface area (Å²) < 4.78 is 4.83. The second-order valence-electron chi connectivity index (χ2n) is 12.7. The SMILES string of the molecule is CCCCc1ccc2c(c1)c1cc(CCCC)ccc1n2-c1ccc(-c2ccc(-n3c4ccccc4c4ccccc43)cc2)cc1. The summed E-state index contributed by atoms with van der Waals surface area (Å²) in [5, 5.41) is 5.31. The van der Waals surface area contributed by atoms with E-state index in [-0.39, 0.29) is 0 Å². The van der Waals surface area contributed by atoms with Gasteiger partial charge in [-0.3, -0.25) is 0 Å². The fourth-order valence-corrected chi connectivity index (χ4v) is 7.28. The van der Waals surface area contributed by atoms with Gasteiger partial charge in [-0.25, -0.2) is 0 Å². The van der Waals surface area contributed by atoms with Gasteiger partial charge in [-0.1, -0.05) is 99.5 Å². The van der Waals surface area contributed by atoms with Crippen LogP contribution in [0, 0.1) is 0 Å². The maximum absolute atomic E-state index is 2.45. The summed E-state index contributed by atoms with van der Waals surface area (Å²) in [6.45, 7) is 4.54. The molecule has 2 aromatic heterocycles. The van der Waals surface area contributed by atoms with Crippen LogP contribution in [0.2, 0.25) is 0 Å². The number of para-hydroxylation sites is 2. The number of nitrogens with zero attached hydrogens (tertiary/aromatic N) is 2. The van der Waals surface area contributed by atoms with Crippen LogP contribution in [0.1, 0.15) is 50.7 Å². The first-order chi connectivity index (χ1) is 22.7. The topological polar surface area (TPSA) is 9.86 Å². The molecule has 46 heavy (non-hydrogen) atoms. The van der Waals surface area contributed by atoms with E-state index in [1.807, 2.05) is 0 Å². The second-order valence-corrected chi connectivity index (χ2v) is 12.7. The Kier molecular flexibility index (Phi) is 7.42. The highest BCUT2D eigenvalue weighted by Crippen LogP contribution is 2.36. The van der Waals surface area contributed by atoms with Crippen LogP contribution < -0.4 is 0 Å². The van der Waals surface area contributed by atoms with Gasteiger partial charge in [0.2, 0.25) is 0 Å². The van der Waals surface area contributed by atoms with Gasteiger partial charge < -0.3 is 9.13 Å². The molecular weight excluding hydrogens is 556 g/mol. The van der Waals surface area contributed by atoms with Gasteiger partial charge in [-0.15, -0.1) is 0 Å². The largest absolute Gasteiger partial charge is 0.309 e. The molecule has 0 aliphatic rings. The van der Waals surface area contributed by atoms with Crippen LogP contribution in [0.25, 0.3) is 66.1 Å². The molecule has 0 aliphatic heterocycles. The molecule has 0 bridgehead atoms. The van der Waals surface area contributed by atoms with E-state index in [2.05, 4.69) is 156 Å². The molecule has 0 saturated heterocycles. The molecule has 0 unspecified atom stereocenters. The van der Waals surface area contributed by atoms with E-state index in [4.69, 9.17) is 0 Å². The molecular formula is C44H40N2. The summed E-state index contributed by atoms with van der Waals surface area (Å²) >= 11 is 0. The highest BCUT2D eigenvalue weighted by atomic mass is 15.0. The predicted octanol–water partition coefficient (Wildman–Crippen LogP) is 12.2. The van der Waals surface area contributed by atoms with Gasteiger partial charge in [0.15, 0.2) is 0 Å². The summed E-state index contributed by atoms with van der Waals surface area (Å²) in [6, 6.07) is 49.7. The lowest BCUT2D eigenvalue weighted by molar-refractivity contribution is 0.795. The zero-order valence-corrected chi connectivity index (χ0v) is 26.8. The first-order valence-electron chi connectivity index (χ1n) is 17.0. The van der Waals surface area contributed by atoms with Gasteiger partial charge in [0.05, 0.1) is 22.1 Å². The Labute approximate surface area is 271 Å². The number of benzene rings is 6. The van der Waals surface area contributed by atoms with Crippen molar-refractivity contribution in [3.05, 3.63) is 145 Å². The summed E-state index contributed by atoms with van der Waals surface area (Å²) in [5.41, 5.74) is 12.7. The third kappa shape index (κ3) is 4.90. The van der Waals surface area contributed by atoms with E-state index in [9.17, 15) is 0 Å². The fraction of sp³-hybridized carbons (Fsp3) is 0.182. The molecule has 0 atom stereocenters. The third-order valence-corrected chi connectivity index (χ3v) is 9.70. The number of unbranched alkanes of at least 4 members (excludes halogenated alkanes) is 2. The van der Waals surface area contributed by atoms with E-state index in [1.54, 1.807) is 0 Å². The maximum atomic E-state index is 2.45. The zero-order valence-electron chi connectivity index (χ0n) is 26.8. The van der Waals surface area contributed by atoms with Gasteiger partial charge in [0.1, 0.15) is 0 Å². The summed E-state index contributed by atoms with van der Waals surface area (Å²) in [6.07, 6.45) is 7.17. The number of aromatic nitrogens is 2. The van der Waals surface area contributed by atoms with E-state index >= 15 is 0 Å². The minimum absolute atomic E-state index is 1.14. The second kappa shape index (κ2) is 12.0. The summed E-state index contributed by atoms with van der Waals surface area (Å²) in [7, 11) is 0. The molecule has 0 amide bonds. The minimum atomic E-state index is 1.14. The molecule has 8 aromatic rings. The van der Waals surface area contributed by atoms with Crippen molar-refractivity contribution in [2.75, 3.05) is 0 Å². The average molecular weight is 597 g/mol. The minimum Gasteiger partial charge on any atom is -0.309 e. The van der Waals surface area contributed by atoms with Gasteiger partial charge in [-0.2, -0.15) is 0 Å². The molecule has 2 heteroatoms.